The molecule has 2 aromatic carbocycles. The summed E-state index contributed by atoms with van der Waals surface area (Å²) >= 11 is 0. The van der Waals surface area contributed by atoms with E-state index in [4.69, 9.17) is 9.47 Å². The first-order valence-electron chi connectivity index (χ1n) is 10.8. The van der Waals surface area contributed by atoms with Crippen LogP contribution in [0.25, 0.3) is 5.69 Å². The van der Waals surface area contributed by atoms with Gasteiger partial charge in [-0.1, -0.05) is 19.4 Å². The predicted octanol–water partition coefficient (Wildman–Crippen LogP) is 4.46. The lowest BCUT2D eigenvalue weighted by molar-refractivity contribution is -0.137. The molecule has 8 nitrogen and oxygen atoms in total. The highest BCUT2D eigenvalue weighted by molar-refractivity contribution is 5.99. The number of amides is 2. The third-order valence-corrected chi connectivity index (χ3v) is 5.14. The second kappa shape index (κ2) is 10.9. The van der Waals surface area contributed by atoms with Crippen LogP contribution in [0.1, 0.15) is 51.7 Å². The molecule has 3 aromatic rings. The molecule has 0 aliphatic heterocycles. The van der Waals surface area contributed by atoms with Gasteiger partial charge in [0.1, 0.15) is 0 Å². The minimum absolute atomic E-state index is 0.0833. The first kappa shape index (κ1) is 25.6. The average molecular weight is 490 g/mol. The number of unbranched alkanes of at least 4 members (excludes halogenated alkanes) is 1. The van der Waals surface area contributed by atoms with E-state index in [0.29, 0.717) is 23.8 Å². The number of halogens is 3. The van der Waals surface area contributed by atoms with Crippen LogP contribution in [0.2, 0.25) is 0 Å². The fourth-order valence-electron chi connectivity index (χ4n) is 3.21. The smallest absolute Gasteiger partial charge is 0.416 e. The molecule has 0 radical (unpaired) electrons. The van der Waals surface area contributed by atoms with Crippen molar-refractivity contribution in [2.45, 2.75) is 32.9 Å². The Balaban J connectivity index is 1.68. The van der Waals surface area contributed by atoms with E-state index < -0.39 is 23.6 Å². The van der Waals surface area contributed by atoms with Gasteiger partial charge in [-0.05, 0) is 49.7 Å². The largest absolute Gasteiger partial charge is 0.493 e. The van der Waals surface area contributed by atoms with E-state index in [0.717, 1.165) is 25.0 Å². The van der Waals surface area contributed by atoms with Crippen molar-refractivity contribution in [2.75, 3.05) is 13.7 Å². The molecular weight excluding hydrogens is 465 g/mol. The van der Waals surface area contributed by atoms with Crippen LogP contribution in [0, 0.1) is 6.92 Å². The number of ether oxygens (including phenoxy) is 2. The zero-order valence-corrected chi connectivity index (χ0v) is 19.4. The summed E-state index contributed by atoms with van der Waals surface area (Å²) in [5.41, 5.74) is 4.51. The Bertz CT molecular complexity index is 1210. The molecule has 0 aliphatic carbocycles. The van der Waals surface area contributed by atoms with E-state index in [9.17, 15) is 22.8 Å². The van der Waals surface area contributed by atoms with Crippen molar-refractivity contribution in [1.29, 1.82) is 0 Å². The maximum atomic E-state index is 13.0. The fourth-order valence-corrected chi connectivity index (χ4v) is 3.21. The lowest BCUT2D eigenvalue weighted by Crippen LogP contribution is -2.41. The van der Waals surface area contributed by atoms with Crippen LogP contribution in [0.3, 0.4) is 0 Å². The van der Waals surface area contributed by atoms with Crippen molar-refractivity contribution in [3.8, 4) is 17.2 Å². The molecule has 0 atom stereocenters. The van der Waals surface area contributed by atoms with E-state index in [2.05, 4.69) is 16.0 Å². The minimum atomic E-state index is -4.51. The van der Waals surface area contributed by atoms with Gasteiger partial charge in [-0.15, -0.1) is 0 Å². The molecule has 0 saturated carbocycles. The van der Waals surface area contributed by atoms with Crippen molar-refractivity contribution < 1.29 is 32.2 Å². The summed E-state index contributed by atoms with van der Waals surface area (Å²) in [6.45, 7) is 4.09. The Hall–Kier alpha value is -4.02. The van der Waals surface area contributed by atoms with Crippen molar-refractivity contribution >= 4 is 11.8 Å². The second-order valence-electron chi connectivity index (χ2n) is 7.58. The van der Waals surface area contributed by atoms with Crippen LogP contribution in [-0.4, -0.2) is 35.3 Å². The van der Waals surface area contributed by atoms with E-state index in [1.807, 2.05) is 6.92 Å². The number of hydrogen-bond acceptors (Lipinski definition) is 5. The molecule has 0 aliphatic rings. The number of hydrazine groups is 1. The van der Waals surface area contributed by atoms with E-state index in [-0.39, 0.29) is 16.8 Å². The zero-order valence-electron chi connectivity index (χ0n) is 19.4. The summed E-state index contributed by atoms with van der Waals surface area (Å²) in [6, 6.07) is 9.21. The third-order valence-electron chi connectivity index (χ3n) is 5.14. The maximum Gasteiger partial charge on any atom is 0.416 e. The van der Waals surface area contributed by atoms with E-state index in [1.165, 1.54) is 49.2 Å². The number of carbonyl (C=O) groups excluding carboxylic acids is 2. The summed E-state index contributed by atoms with van der Waals surface area (Å²) < 4.78 is 51.2. The van der Waals surface area contributed by atoms with Gasteiger partial charge in [0.05, 0.1) is 42.4 Å². The molecule has 2 amide bonds. The van der Waals surface area contributed by atoms with Crippen molar-refractivity contribution in [1.82, 2.24) is 20.6 Å². The highest BCUT2D eigenvalue weighted by atomic mass is 19.4. The van der Waals surface area contributed by atoms with Crippen molar-refractivity contribution in [2.24, 2.45) is 0 Å². The normalized spacial score (nSPS) is 11.1. The first-order valence-corrected chi connectivity index (χ1v) is 10.8. The summed E-state index contributed by atoms with van der Waals surface area (Å²) in [4.78, 5) is 25.1. The number of benzene rings is 2. The Morgan fingerprint density at radius 2 is 1.80 bits per heavy atom. The number of methoxy groups -OCH3 is 1. The van der Waals surface area contributed by atoms with Crippen molar-refractivity contribution in [3.63, 3.8) is 0 Å². The van der Waals surface area contributed by atoms with Crippen LogP contribution < -0.4 is 20.3 Å². The first-order chi connectivity index (χ1) is 16.7. The van der Waals surface area contributed by atoms with Crippen LogP contribution in [-0.2, 0) is 6.18 Å². The van der Waals surface area contributed by atoms with Gasteiger partial charge in [0, 0.05) is 5.56 Å². The lowest BCUT2D eigenvalue weighted by atomic mass is 10.2. The van der Waals surface area contributed by atoms with Gasteiger partial charge < -0.3 is 9.47 Å². The molecule has 2 N–H and O–H groups in total. The number of nitrogens with zero attached hydrogens (tertiary/aromatic N) is 2. The zero-order chi connectivity index (χ0) is 25.6. The Labute approximate surface area is 200 Å². The van der Waals surface area contributed by atoms with Crippen LogP contribution >= 0.6 is 0 Å². The second-order valence-corrected chi connectivity index (χ2v) is 7.58. The van der Waals surface area contributed by atoms with Gasteiger partial charge in [-0.3, -0.25) is 20.4 Å². The SMILES string of the molecule is CCCCOc1ccc(C(=O)NNC(=O)c2cnn(-c3cccc(C(F)(F)F)c3)c2C)cc1OC. The molecule has 0 bridgehead atoms. The summed E-state index contributed by atoms with van der Waals surface area (Å²) in [7, 11) is 1.45. The number of rotatable bonds is 8. The van der Waals surface area contributed by atoms with Gasteiger partial charge >= 0.3 is 6.18 Å². The Morgan fingerprint density at radius 3 is 2.49 bits per heavy atom. The van der Waals surface area contributed by atoms with Crippen LogP contribution in [0.5, 0.6) is 11.5 Å². The Morgan fingerprint density at radius 1 is 1.06 bits per heavy atom. The molecule has 1 heterocycles. The maximum absolute atomic E-state index is 13.0. The number of hydrogen-bond donors (Lipinski definition) is 2. The van der Waals surface area contributed by atoms with Crippen LogP contribution in [0.15, 0.2) is 48.7 Å². The number of aromatic nitrogens is 2. The molecule has 11 heteroatoms. The van der Waals surface area contributed by atoms with Gasteiger partial charge in [-0.25, -0.2) is 4.68 Å². The number of alkyl halides is 3. The highest BCUT2D eigenvalue weighted by Gasteiger charge is 2.30. The molecule has 35 heavy (non-hydrogen) atoms. The van der Waals surface area contributed by atoms with Gasteiger partial charge in [0.25, 0.3) is 11.8 Å². The van der Waals surface area contributed by atoms with Crippen molar-refractivity contribution in [3.05, 3.63) is 71.0 Å². The molecule has 186 valence electrons. The van der Waals surface area contributed by atoms with Crippen LogP contribution in [0.4, 0.5) is 13.2 Å². The molecular formula is C24H25F3N4O4. The number of nitrogens with one attached hydrogen (secondary N) is 2. The summed E-state index contributed by atoms with van der Waals surface area (Å²) in [5.74, 6) is -0.405. The molecule has 0 saturated heterocycles. The molecule has 0 spiro atoms. The van der Waals surface area contributed by atoms with Gasteiger partial charge in [-0.2, -0.15) is 18.3 Å². The summed E-state index contributed by atoms with van der Waals surface area (Å²) in [6.07, 6.45) is -1.45. The summed E-state index contributed by atoms with van der Waals surface area (Å²) in [5, 5.41) is 4.02. The molecule has 1 aromatic heterocycles. The topological polar surface area (TPSA) is 94.5 Å². The quantitative estimate of drug-likeness (QED) is 0.359. The lowest BCUT2D eigenvalue weighted by Gasteiger charge is -2.12. The highest BCUT2D eigenvalue weighted by Crippen LogP contribution is 2.31. The monoisotopic (exact) mass is 490 g/mol. The average Bonchev–Trinajstić information content (AvgIpc) is 3.23. The predicted molar refractivity (Wildman–Crippen MR) is 122 cm³/mol. The van der Waals surface area contributed by atoms with E-state index in [1.54, 1.807) is 6.07 Å². The third kappa shape index (κ3) is 6.11. The number of carbonyl (C=O) groups is 2. The van der Waals surface area contributed by atoms with E-state index >= 15 is 0 Å². The Kier molecular flexibility index (Phi) is 8.00. The van der Waals surface area contributed by atoms with Gasteiger partial charge in [0.15, 0.2) is 11.5 Å². The molecule has 3 rings (SSSR count). The standard InChI is InChI=1S/C24H25F3N4O4/c1-4-5-11-35-20-10-9-16(12-21(20)34-3)22(32)29-30-23(33)19-14-28-31(15(19)2)18-8-6-7-17(13-18)24(25,26)27/h6-10,12-14H,4-5,11H2,1-3H3,(H,29,32)(H,30,33). The van der Waals surface area contributed by atoms with Gasteiger partial charge in [0.2, 0.25) is 0 Å². The minimum Gasteiger partial charge on any atom is -0.493 e. The fraction of sp³-hybridized carbons (Fsp3) is 0.292. The molecule has 0 unspecified atom stereocenters. The molecule has 0 fully saturated rings.